The Morgan fingerprint density at radius 3 is 2.44 bits per heavy atom. The van der Waals surface area contributed by atoms with Crippen LogP contribution in [0.1, 0.15) is 64.0 Å². The van der Waals surface area contributed by atoms with E-state index in [1.165, 1.54) is 6.07 Å². The molecule has 0 spiro atoms. The molecular formula is C20H30F3NO3. The average Bonchev–Trinajstić information content (AvgIpc) is 2.63. The number of nitrogens with zero attached hydrogens (tertiary/aromatic N) is 1. The van der Waals surface area contributed by atoms with Crippen LogP contribution in [0.3, 0.4) is 0 Å². The highest BCUT2D eigenvalue weighted by Crippen LogP contribution is 2.34. The zero-order valence-corrected chi connectivity index (χ0v) is 16.3. The van der Waals surface area contributed by atoms with E-state index in [1.54, 1.807) is 6.92 Å². The van der Waals surface area contributed by atoms with E-state index in [4.69, 9.17) is 4.74 Å². The molecule has 0 saturated heterocycles. The SMILES string of the molecule is CCOC(=O)CCCCC(CC)N(CC)c1ccc(C(F)(F)F)cc1CO. The molecule has 0 fully saturated rings. The molecule has 0 aliphatic heterocycles. The maximum atomic E-state index is 12.9. The van der Waals surface area contributed by atoms with Crippen LogP contribution in [0, 0.1) is 0 Å². The Bertz CT molecular complexity index is 590. The zero-order valence-electron chi connectivity index (χ0n) is 16.3. The monoisotopic (exact) mass is 389 g/mol. The van der Waals surface area contributed by atoms with Crippen molar-refractivity contribution < 1.29 is 27.8 Å². The molecule has 0 radical (unpaired) electrons. The summed E-state index contributed by atoms with van der Waals surface area (Å²) in [5.74, 6) is -0.205. The molecule has 154 valence electrons. The predicted molar refractivity (Wildman–Crippen MR) is 99.6 cm³/mol. The summed E-state index contributed by atoms with van der Waals surface area (Å²) in [7, 11) is 0. The van der Waals surface area contributed by atoms with Crippen molar-refractivity contribution in [2.75, 3.05) is 18.1 Å². The third kappa shape index (κ3) is 7.05. The van der Waals surface area contributed by atoms with Crippen molar-refractivity contribution in [3.63, 3.8) is 0 Å². The number of esters is 1. The number of carbonyl (C=O) groups excluding carboxylic acids is 1. The lowest BCUT2D eigenvalue weighted by atomic mass is 10.0. The van der Waals surface area contributed by atoms with E-state index < -0.39 is 18.3 Å². The number of alkyl halides is 3. The molecule has 1 rings (SSSR count). The van der Waals surface area contributed by atoms with Crippen LogP contribution in [0.15, 0.2) is 18.2 Å². The smallest absolute Gasteiger partial charge is 0.416 e. The van der Waals surface area contributed by atoms with Gasteiger partial charge in [0.1, 0.15) is 0 Å². The third-order valence-electron chi connectivity index (χ3n) is 4.61. The molecule has 1 atom stereocenters. The molecule has 1 aromatic rings. The van der Waals surface area contributed by atoms with E-state index in [1.807, 2.05) is 18.7 Å². The maximum absolute atomic E-state index is 12.9. The average molecular weight is 389 g/mol. The third-order valence-corrected chi connectivity index (χ3v) is 4.61. The topological polar surface area (TPSA) is 49.8 Å². The molecule has 4 nitrogen and oxygen atoms in total. The van der Waals surface area contributed by atoms with Gasteiger partial charge in [-0.25, -0.2) is 0 Å². The highest BCUT2D eigenvalue weighted by Gasteiger charge is 2.31. The number of carbonyl (C=O) groups is 1. The van der Waals surface area contributed by atoms with Gasteiger partial charge in [0.25, 0.3) is 0 Å². The summed E-state index contributed by atoms with van der Waals surface area (Å²) in [6, 6.07) is 3.65. The van der Waals surface area contributed by atoms with E-state index in [0.717, 1.165) is 31.4 Å². The highest BCUT2D eigenvalue weighted by molar-refractivity contribution is 5.69. The van der Waals surface area contributed by atoms with Crippen LogP contribution in [0.2, 0.25) is 0 Å². The second-order valence-electron chi connectivity index (χ2n) is 6.40. The van der Waals surface area contributed by atoms with E-state index in [9.17, 15) is 23.1 Å². The number of anilines is 1. The van der Waals surface area contributed by atoms with E-state index in [2.05, 4.69) is 0 Å². The minimum absolute atomic E-state index is 0.124. The number of aliphatic hydroxyl groups excluding tert-OH is 1. The fourth-order valence-electron chi connectivity index (χ4n) is 3.26. The molecule has 0 aliphatic rings. The Hall–Kier alpha value is -1.76. The second-order valence-corrected chi connectivity index (χ2v) is 6.40. The van der Waals surface area contributed by atoms with Crippen molar-refractivity contribution in [1.29, 1.82) is 0 Å². The predicted octanol–water partition coefficient (Wildman–Crippen LogP) is 4.93. The van der Waals surface area contributed by atoms with Crippen molar-refractivity contribution in [2.45, 2.75) is 71.7 Å². The van der Waals surface area contributed by atoms with Gasteiger partial charge in [-0.1, -0.05) is 13.3 Å². The lowest BCUT2D eigenvalue weighted by Crippen LogP contribution is -2.35. The Balaban J connectivity index is 2.85. The van der Waals surface area contributed by atoms with Gasteiger partial charge in [0.15, 0.2) is 0 Å². The lowest BCUT2D eigenvalue weighted by Gasteiger charge is -2.34. The molecule has 7 heteroatoms. The number of unbranched alkanes of at least 4 members (excludes halogenated alkanes) is 1. The number of ether oxygens (including phenoxy) is 1. The second kappa shape index (κ2) is 11.2. The Labute approximate surface area is 159 Å². The van der Waals surface area contributed by atoms with Crippen molar-refractivity contribution in [3.8, 4) is 0 Å². The first-order chi connectivity index (χ1) is 12.8. The van der Waals surface area contributed by atoms with Crippen LogP contribution in [0.5, 0.6) is 0 Å². The van der Waals surface area contributed by atoms with Gasteiger partial charge in [-0.15, -0.1) is 0 Å². The standard InChI is InChI=1S/C20H30F3NO3/c1-4-17(9-7-8-10-19(26)27-6-3)24(5-2)18-12-11-16(20(21,22)23)13-15(18)14-25/h11-13,17,25H,4-10,14H2,1-3H3. The highest BCUT2D eigenvalue weighted by atomic mass is 19.4. The molecule has 1 unspecified atom stereocenters. The summed E-state index contributed by atoms with van der Waals surface area (Å²) in [5.41, 5.74) is 0.149. The summed E-state index contributed by atoms with van der Waals surface area (Å²) in [4.78, 5) is 13.5. The van der Waals surface area contributed by atoms with E-state index in [-0.39, 0.29) is 17.6 Å². The van der Waals surface area contributed by atoms with Gasteiger partial charge in [0.2, 0.25) is 0 Å². The molecule has 1 aromatic carbocycles. The quantitative estimate of drug-likeness (QED) is 0.431. The van der Waals surface area contributed by atoms with Crippen LogP contribution in [0.4, 0.5) is 18.9 Å². The number of hydrogen-bond donors (Lipinski definition) is 1. The summed E-state index contributed by atoms with van der Waals surface area (Å²) in [5, 5.41) is 9.59. The Kier molecular flexibility index (Phi) is 9.63. The molecule has 0 aliphatic carbocycles. The number of benzene rings is 1. The largest absolute Gasteiger partial charge is 0.466 e. The van der Waals surface area contributed by atoms with Gasteiger partial charge in [-0.05, 0) is 51.3 Å². The zero-order chi connectivity index (χ0) is 20.4. The molecule has 0 aromatic heterocycles. The van der Waals surface area contributed by atoms with Gasteiger partial charge < -0.3 is 14.7 Å². The number of halogens is 3. The summed E-state index contributed by atoms with van der Waals surface area (Å²) >= 11 is 0. The first-order valence-corrected chi connectivity index (χ1v) is 9.51. The maximum Gasteiger partial charge on any atom is 0.416 e. The molecule has 0 saturated carbocycles. The molecule has 0 amide bonds. The molecule has 0 heterocycles. The van der Waals surface area contributed by atoms with Gasteiger partial charge in [-0.3, -0.25) is 4.79 Å². The van der Waals surface area contributed by atoms with Crippen molar-refractivity contribution in [2.24, 2.45) is 0 Å². The molecule has 0 bridgehead atoms. The van der Waals surface area contributed by atoms with Crippen LogP contribution in [-0.2, 0) is 22.3 Å². The van der Waals surface area contributed by atoms with Crippen LogP contribution < -0.4 is 4.90 Å². The Morgan fingerprint density at radius 2 is 1.93 bits per heavy atom. The van der Waals surface area contributed by atoms with Crippen molar-refractivity contribution >= 4 is 11.7 Å². The van der Waals surface area contributed by atoms with Gasteiger partial charge >= 0.3 is 12.1 Å². The number of aliphatic hydroxyl groups is 1. The van der Waals surface area contributed by atoms with Gasteiger partial charge in [-0.2, -0.15) is 13.2 Å². The van der Waals surface area contributed by atoms with E-state index in [0.29, 0.717) is 31.7 Å². The molecule has 1 N–H and O–H groups in total. The van der Waals surface area contributed by atoms with Crippen LogP contribution in [0.25, 0.3) is 0 Å². The first kappa shape index (κ1) is 23.3. The first-order valence-electron chi connectivity index (χ1n) is 9.51. The minimum Gasteiger partial charge on any atom is -0.466 e. The van der Waals surface area contributed by atoms with Gasteiger partial charge in [0, 0.05) is 30.3 Å². The van der Waals surface area contributed by atoms with Crippen molar-refractivity contribution in [3.05, 3.63) is 29.3 Å². The molecule has 27 heavy (non-hydrogen) atoms. The van der Waals surface area contributed by atoms with Crippen LogP contribution in [-0.4, -0.2) is 30.3 Å². The lowest BCUT2D eigenvalue weighted by molar-refractivity contribution is -0.143. The fourth-order valence-corrected chi connectivity index (χ4v) is 3.26. The normalized spacial score (nSPS) is 12.7. The summed E-state index contributed by atoms with van der Waals surface area (Å²) in [6.45, 7) is 6.29. The van der Waals surface area contributed by atoms with Crippen LogP contribution >= 0.6 is 0 Å². The number of rotatable bonds is 11. The molecular weight excluding hydrogens is 359 g/mol. The summed E-state index contributed by atoms with van der Waals surface area (Å²) < 4.78 is 43.7. The number of hydrogen-bond acceptors (Lipinski definition) is 4. The fraction of sp³-hybridized carbons (Fsp3) is 0.650. The van der Waals surface area contributed by atoms with Gasteiger partial charge in [0.05, 0.1) is 18.8 Å². The summed E-state index contributed by atoms with van der Waals surface area (Å²) in [6.07, 6.45) is -0.889. The minimum atomic E-state index is -4.43. The van der Waals surface area contributed by atoms with Crippen molar-refractivity contribution in [1.82, 2.24) is 0 Å². The Morgan fingerprint density at radius 1 is 1.22 bits per heavy atom. The van der Waals surface area contributed by atoms with E-state index >= 15 is 0 Å².